The maximum absolute atomic E-state index is 10.7. The van der Waals surface area contributed by atoms with E-state index in [4.69, 9.17) is 17.3 Å². The fourth-order valence-electron chi connectivity index (χ4n) is 1.61. The van der Waals surface area contributed by atoms with Gasteiger partial charge in [-0.2, -0.15) is 0 Å². The lowest BCUT2D eigenvalue weighted by molar-refractivity contribution is -0.137. The number of aryl methyl sites for hydroxylation is 1. The standard InChI is InChI=1S/C13H12N2O3S2/c1-8-3-2-4-9(5-8)14-6-10-12(18)15(7-11(16)17)13(19)20-10/h2-6,18H,7H2,1H3,(H,16,17). The van der Waals surface area contributed by atoms with E-state index >= 15 is 0 Å². The summed E-state index contributed by atoms with van der Waals surface area (Å²) in [6.45, 7) is 1.60. The molecule has 0 amide bonds. The first-order valence-electron chi connectivity index (χ1n) is 5.72. The van der Waals surface area contributed by atoms with Gasteiger partial charge in [-0.15, -0.1) is 0 Å². The molecule has 1 aromatic heterocycles. The molecular weight excluding hydrogens is 296 g/mol. The summed E-state index contributed by atoms with van der Waals surface area (Å²) in [5.41, 5.74) is 1.84. The smallest absolute Gasteiger partial charge is 0.323 e. The first-order chi connectivity index (χ1) is 9.47. The van der Waals surface area contributed by atoms with Crippen LogP contribution in [0.5, 0.6) is 5.88 Å². The van der Waals surface area contributed by atoms with Crippen LogP contribution in [0.4, 0.5) is 5.69 Å². The van der Waals surface area contributed by atoms with Crippen LogP contribution in [0.3, 0.4) is 0 Å². The predicted octanol–water partition coefficient (Wildman–Crippen LogP) is 3.13. The number of aliphatic imine (C=N–C) groups is 1. The number of aromatic nitrogens is 1. The fraction of sp³-hybridized carbons (Fsp3) is 0.154. The topological polar surface area (TPSA) is 74.8 Å². The highest BCUT2D eigenvalue weighted by Gasteiger charge is 2.12. The van der Waals surface area contributed by atoms with Gasteiger partial charge in [0.25, 0.3) is 0 Å². The molecule has 2 aromatic rings. The second-order valence-corrected chi connectivity index (χ2v) is 5.81. The van der Waals surface area contributed by atoms with Crippen molar-refractivity contribution in [1.82, 2.24) is 4.57 Å². The normalized spacial score (nSPS) is 11.1. The van der Waals surface area contributed by atoms with E-state index in [0.29, 0.717) is 8.83 Å². The molecule has 0 saturated heterocycles. The van der Waals surface area contributed by atoms with Crippen LogP contribution < -0.4 is 0 Å². The zero-order valence-corrected chi connectivity index (χ0v) is 12.2. The van der Waals surface area contributed by atoms with E-state index in [1.807, 2.05) is 31.2 Å². The molecule has 0 aliphatic rings. The predicted molar refractivity (Wildman–Crippen MR) is 80.9 cm³/mol. The van der Waals surface area contributed by atoms with E-state index in [1.165, 1.54) is 10.8 Å². The van der Waals surface area contributed by atoms with Crippen LogP contribution in [0.2, 0.25) is 0 Å². The van der Waals surface area contributed by atoms with Crippen molar-refractivity contribution in [2.75, 3.05) is 0 Å². The lowest BCUT2D eigenvalue weighted by atomic mass is 10.2. The molecule has 0 atom stereocenters. The summed E-state index contributed by atoms with van der Waals surface area (Å²) in [5.74, 6) is -1.23. The summed E-state index contributed by atoms with van der Waals surface area (Å²) in [6, 6.07) is 7.60. The van der Waals surface area contributed by atoms with Crippen LogP contribution in [0, 0.1) is 10.9 Å². The summed E-state index contributed by atoms with van der Waals surface area (Å²) in [4.78, 5) is 15.4. The van der Waals surface area contributed by atoms with Gasteiger partial charge >= 0.3 is 5.97 Å². The van der Waals surface area contributed by atoms with E-state index < -0.39 is 5.97 Å². The first-order valence-corrected chi connectivity index (χ1v) is 6.95. The molecule has 0 saturated carbocycles. The highest BCUT2D eigenvalue weighted by Crippen LogP contribution is 2.25. The molecule has 2 rings (SSSR count). The number of nitrogens with zero attached hydrogens (tertiary/aromatic N) is 2. The van der Waals surface area contributed by atoms with Crippen molar-refractivity contribution in [1.29, 1.82) is 0 Å². The number of aliphatic carboxylic acids is 1. The number of benzene rings is 1. The highest BCUT2D eigenvalue weighted by molar-refractivity contribution is 7.73. The van der Waals surface area contributed by atoms with Gasteiger partial charge in [0.05, 0.1) is 11.9 Å². The lowest BCUT2D eigenvalue weighted by Crippen LogP contribution is -2.08. The second-order valence-electron chi connectivity index (χ2n) is 4.13. The SMILES string of the molecule is Cc1cccc(N=Cc2sc(=S)n(CC(=O)O)c2O)c1. The molecule has 0 bridgehead atoms. The van der Waals surface area contributed by atoms with Crippen LogP contribution in [0.25, 0.3) is 0 Å². The van der Waals surface area contributed by atoms with Crippen molar-refractivity contribution in [3.05, 3.63) is 38.7 Å². The van der Waals surface area contributed by atoms with Crippen molar-refractivity contribution >= 4 is 41.4 Å². The van der Waals surface area contributed by atoms with Crippen LogP contribution in [0.15, 0.2) is 29.3 Å². The number of carbonyl (C=O) groups is 1. The van der Waals surface area contributed by atoms with E-state index in [-0.39, 0.29) is 12.4 Å². The van der Waals surface area contributed by atoms with Gasteiger partial charge in [-0.25, -0.2) is 0 Å². The minimum Gasteiger partial charge on any atom is -0.493 e. The van der Waals surface area contributed by atoms with Gasteiger partial charge in [0.2, 0.25) is 5.88 Å². The largest absolute Gasteiger partial charge is 0.493 e. The Hall–Kier alpha value is -1.99. The third kappa shape index (κ3) is 3.31. The summed E-state index contributed by atoms with van der Waals surface area (Å²) in [7, 11) is 0. The Morgan fingerprint density at radius 3 is 2.95 bits per heavy atom. The summed E-state index contributed by atoms with van der Waals surface area (Å²) in [6.07, 6.45) is 1.49. The molecule has 7 heteroatoms. The van der Waals surface area contributed by atoms with Gasteiger partial charge in [0.1, 0.15) is 11.4 Å². The summed E-state index contributed by atoms with van der Waals surface area (Å²) in [5, 5.41) is 18.7. The highest BCUT2D eigenvalue weighted by atomic mass is 32.1. The Bertz CT molecular complexity index is 731. The van der Waals surface area contributed by atoms with Crippen molar-refractivity contribution < 1.29 is 15.0 Å². The molecule has 20 heavy (non-hydrogen) atoms. The number of carboxylic acids is 1. The number of carboxylic acid groups (broad SMARTS) is 1. The van der Waals surface area contributed by atoms with E-state index in [2.05, 4.69) is 4.99 Å². The van der Waals surface area contributed by atoms with Gasteiger partial charge in [0.15, 0.2) is 3.95 Å². The van der Waals surface area contributed by atoms with Gasteiger partial charge < -0.3 is 10.2 Å². The lowest BCUT2D eigenvalue weighted by Gasteiger charge is -1.99. The van der Waals surface area contributed by atoms with Crippen molar-refractivity contribution in [3.8, 4) is 5.88 Å². The Morgan fingerprint density at radius 2 is 2.30 bits per heavy atom. The fourth-order valence-corrected chi connectivity index (χ4v) is 2.79. The molecule has 5 nitrogen and oxygen atoms in total. The van der Waals surface area contributed by atoms with E-state index in [0.717, 1.165) is 22.6 Å². The molecule has 0 spiro atoms. The minimum absolute atomic E-state index is 0.168. The zero-order chi connectivity index (χ0) is 14.7. The summed E-state index contributed by atoms with van der Waals surface area (Å²) < 4.78 is 1.47. The molecule has 104 valence electrons. The minimum atomic E-state index is -1.06. The second kappa shape index (κ2) is 5.98. The molecule has 1 aromatic carbocycles. The van der Waals surface area contributed by atoms with Crippen LogP contribution in [0.1, 0.15) is 10.4 Å². The Morgan fingerprint density at radius 1 is 1.55 bits per heavy atom. The first kappa shape index (κ1) is 14.4. The third-order valence-corrected chi connectivity index (χ3v) is 3.89. The Labute approximate surface area is 124 Å². The van der Waals surface area contributed by atoms with Crippen molar-refractivity contribution in [2.24, 2.45) is 4.99 Å². The Kier molecular flexibility index (Phi) is 4.31. The van der Waals surface area contributed by atoms with Crippen molar-refractivity contribution in [2.45, 2.75) is 13.5 Å². The summed E-state index contributed by atoms with van der Waals surface area (Å²) >= 11 is 6.15. The van der Waals surface area contributed by atoms with Gasteiger partial charge in [0, 0.05) is 0 Å². The molecule has 0 aliphatic heterocycles. The van der Waals surface area contributed by atoms with Crippen LogP contribution >= 0.6 is 23.6 Å². The maximum atomic E-state index is 10.7. The monoisotopic (exact) mass is 308 g/mol. The van der Waals surface area contributed by atoms with Gasteiger partial charge in [-0.1, -0.05) is 23.5 Å². The molecular formula is C13H12N2O3S2. The number of rotatable bonds is 4. The quantitative estimate of drug-likeness (QED) is 0.672. The third-order valence-electron chi connectivity index (χ3n) is 2.52. The number of hydrogen-bond acceptors (Lipinski definition) is 5. The van der Waals surface area contributed by atoms with Crippen LogP contribution in [-0.4, -0.2) is 27.0 Å². The average molecular weight is 308 g/mol. The van der Waals surface area contributed by atoms with E-state index in [9.17, 15) is 9.90 Å². The average Bonchev–Trinajstić information content (AvgIpc) is 2.64. The maximum Gasteiger partial charge on any atom is 0.323 e. The Balaban J connectivity index is 2.30. The van der Waals surface area contributed by atoms with Crippen LogP contribution in [-0.2, 0) is 11.3 Å². The number of thiazole rings is 1. The van der Waals surface area contributed by atoms with Gasteiger partial charge in [-0.05, 0) is 36.8 Å². The zero-order valence-electron chi connectivity index (χ0n) is 10.6. The van der Waals surface area contributed by atoms with E-state index in [1.54, 1.807) is 0 Å². The molecule has 1 heterocycles. The molecule has 0 fully saturated rings. The molecule has 0 radical (unpaired) electrons. The molecule has 0 aliphatic carbocycles. The number of aromatic hydroxyl groups is 1. The molecule has 2 N–H and O–H groups in total. The molecule has 0 unspecified atom stereocenters. The van der Waals surface area contributed by atoms with Gasteiger partial charge in [-0.3, -0.25) is 14.4 Å². The van der Waals surface area contributed by atoms with Crippen molar-refractivity contribution in [3.63, 3.8) is 0 Å². The number of hydrogen-bond donors (Lipinski definition) is 2.